The fourth-order valence-electron chi connectivity index (χ4n) is 4.63. The Morgan fingerprint density at radius 3 is 2.62 bits per heavy atom. The largest absolute Gasteiger partial charge is 0.449 e. The number of hydrogen-bond acceptors (Lipinski definition) is 5. The Kier molecular flexibility index (Phi) is 5.84. The number of carbonyl (C=O) groups is 3. The van der Waals surface area contributed by atoms with E-state index >= 15 is 0 Å². The Labute approximate surface area is 197 Å². The molecule has 2 aliphatic rings. The first-order valence-electron chi connectivity index (χ1n) is 11.5. The molecule has 2 heterocycles. The molecule has 2 aromatic carbocycles. The molecule has 1 unspecified atom stereocenters. The number of hydrogen-bond donors (Lipinski definition) is 1. The van der Waals surface area contributed by atoms with Crippen LogP contribution in [0.3, 0.4) is 0 Å². The fourth-order valence-corrected chi connectivity index (χ4v) is 4.63. The highest BCUT2D eigenvalue weighted by Crippen LogP contribution is 2.36. The van der Waals surface area contributed by atoms with E-state index in [-0.39, 0.29) is 6.54 Å². The highest BCUT2D eigenvalue weighted by molar-refractivity contribution is 6.08. The molecule has 0 bridgehead atoms. The summed E-state index contributed by atoms with van der Waals surface area (Å²) in [5, 5.41) is 3.29. The Bertz CT molecular complexity index is 1320. The van der Waals surface area contributed by atoms with E-state index in [0.29, 0.717) is 29.4 Å². The van der Waals surface area contributed by atoms with Crippen molar-refractivity contribution in [3.63, 3.8) is 0 Å². The van der Waals surface area contributed by atoms with Gasteiger partial charge in [0.15, 0.2) is 6.10 Å². The minimum absolute atomic E-state index is 0.265. The molecule has 5 rings (SSSR count). The average molecular weight is 456 g/mol. The summed E-state index contributed by atoms with van der Waals surface area (Å²) in [5.41, 5.74) is 4.95. The molecule has 0 spiro atoms. The first-order valence-corrected chi connectivity index (χ1v) is 11.5. The number of imide groups is 1. The molecule has 1 aliphatic heterocycles. The molecule has 7 heteroatoms. The predicted molar refractivity (Wildman–Crippen MR) is 129 cm³/mol. The van der Waals surface area contributed by atoms with Crippen molar-refractivity contribution in [1.29, 1.82) is 0 Å². The van der Waals surface area contributed by atoms with Gasteiger partial charge in [0.2, 0.25) is 0 Å². The van der Waals surface area contributed by atoms with Gasteiger partial charge in [0.25, 0.3) is 5.91 Å². The summed E-state index contributed by atoms with van der Waals surface area (Å²) in [6, 6.07) is 17.1. The standard InChI is InChI=1S/C27H25N3O4/c1-17(25(31)30-15-14-28-27(30)33)34-26(32)23-20-11-5-6-13-22(20)29-24-19(10-7-12-21(23)24)16-18-8-3-2-4-9-18/h2-6,8-9,11,13,16-17H,7,10,12,14-15H2,1H3,(H,28,33)/b19-16+. The quantitative estimate of drug-likeness (QED) is 0.596. The minimum Gasteiger partial charge on any atom is -0.449 e. The molecule has 1 saturated heterocycles. The highest BCUT2D eigenvalue weighted by Gasteiger charge is 2.33. The molecule has 1 aromatic heterocycles. The van der Waals surface area contributed by atoms with Gasteiger partial charge in [-0.2, -0.15) is 0 Å². The third-order valence-electron chi connectivity index (χ3n) is 6.27. The number of rotatable bonds is 4. The number of fused-ring (bicyclic) bond motifs is 2. The normalized spacial score (nSPS) is 17.4. The van der Waals surface area contributed by atoms with Gasteiger partial charge in [-0.1, -0.05) is 48.5 Å². The fraction of sp³-hybridized carbons (Fsp3) is 0.259. The Morgan fingerprint density at radius 2 is 1.85 bits per heavy atom. The third-order valence-corrected chi connectivity index (χ3v) is 6.27. The first kappa shape index (κ1) is 21.8. The van der Waals surface area contributed by atoms with Gasteiger partial charge in [-0.3, -0.25) is 9.69 Å². The van der Waals surface area contributed by atoms with E-state index in [2.05, 4.69) is 11.4 Å². The molecule has 1 N–H and O–H groups in total. The lowest BCUT2D eigenvalue weighted by atomic mass is 9.86. The smallest absolute Gasteiger partial charge is 0.339 e. The van der Waals surface area contributed by atoms with Crippen LogP contribution in [0.1, 0.15) is 46.9 Å². The van der Waals surface area contributed by atoms with Crippen LogP contribution in [0.15, 0.2) is 54.6 Å². The molecule has 7 nitrogen and oxygen atoms in total. The third kappa shape index (κ3) is 4.05. The van der Waals surface area contributed by atoms with E-state index in [1.807, 2.05) is 54.6 Å². The zero-order chi connectivity index (χ0) is 23.7. The number of pyridine rings is 1. The van der Waals surface area contributed by atoms with Crippen molar-refractivity contribution in [3.05, 3.63) is 77.0 Å². The topological polar surface area (TPSA) is 88.6 Å². The Hall–Kier alpha value is -4.00. The van der Waals surface area contributed by atoms with Gasteiger partial charge >= 0.3 is 12.0 Å². The maximum Gasteiger partial charge on any atom is 0.339 e. The second-order valence-corrected chi connectivity index (χ2v) is 8.53. The highest BCUT2D eigenvalue weighted by atomic mass is 16.5. The number of para-hydroxylation sites is 1. The van der Waals surface area contributed by atoms with Crippen molar-refractivity contribution in [2.24, 2.45) is 0 Å². The molecular weight excluding hydrogens is 430 g/mol. The maximum absolute atomic E-state index is 13.5. The molecule has 3 amide bonds. The lowest BCUT2D eigenvalue weighted by molar-refractivity contribution is -0.136. The van der Waals surface area contributed by atoms with Gasteiger partial charge in [0, 0.05) is 18.5 Å². The molecule has 172 valence electrons. The van der Waals surface area contributed by atoms with E-state index in [1.54, 1.807) is 0 Å². The number of aromatic nitrogens is 1. The number of allylic oxidation sites excluding steroid dienone is 1. The van der Waals surface area contributed by atoms with Gasteiger partial charge in [0.1, 0.15) is 0 Å². The molecular formula is C27H25N3O4. The van der Waals surface area contributed by atoms with Gasteiger partial charge < -0.3 is 10.1 Å². The SMILES string of the molecule is CC(OC(=O)c1c2c(nc3ccccc13)/C(=C/c1ccccc1)CCC2)C(=O)N1CCNC1=O. The second-order valence-electron chi connectivity index (χ2n) is 8.53. The Balaban J connectivity index is 1.54. The number of nitrogens with zero attached hydrogens (tertiary/aromatic N) is 2. The predicted octanol–water partition coefficient (Wildman–Crippen LogP) is 4.21. The summed E-state index contributed by atoms with van der Waals surface area (Å²) in [7, 11) is 0. The Morgan fingerprint density at radius 1 is 1.09 bits per heavy atom. The number of ether oxygens (including phenoxy) is 1. The van der Waals surface area contributed by atoms with E-state index in [1.165, 1.54) is 6.92 Å². The molecule has 34 heavy (non-hydrogen) atoms. The molecule has 1 fully saturated rings. The van der Waals surface area contributed by atoms with Gasteiger partial charge in [-0.15, -0.1) is 0 Å². The van der Waals surface area contributed by atoms with Crippen LogP contribution >= 0.6 is 0 Å². The van der Waals surface area contributed by atoms with Crippen LogP contribution in [0, 0.1) is 0 Å². The summed E-state index contributed by atoms with van der Waals surface area (Å²) in [5.74, 6) is -1.10. The van der Waals surface area contributed by atoms with Gasteiger partial charge in [-0.25, -0.2) is 14.6 Å². The van der Waals surface area contributed by atoms with E-state index in [0.717, 1.165) is 40.1 Å². The summed E-state index contributed by atoms with van der Waals surface area (Å²) < 4.78 is 5.63. The van der Waals surface area contributed by atoms with Crippen molar-refractivity contribution in [3.8, 4) is 0 Å². The summed E-state index contributed by atoms with van der Waals surface area (Å²) in [4.78, 5) is 44.0. The van der Waals surface area contributed by atoms with Crippen LogP contribution in [0.2, 0.25) is 0 Å². The molecule has 1 atom stereocenters. The summed E-state index contributed by atoms with van der Waals surface area (Å²) >= 11 is 0. The average Bonchev–Trinajstić information content (AvgIpc) is 3.28. The summed E-state index contributed by atoms with van der Waals surface area (Å²) in [6.07, 6.45) is 3.48. The number of nitrogens with one attached hydrogen (secondary N) is 1. The summed E-state index contributed by atoms with van der Waals surface area (Å²) in [6.45, 7) is 2.16. The van der Waals surface area contributed by atoms with Gasteiger partial charge in [0.05, 0.1) is 16.8 Å². The van der Waals surface area contributed by atoms with Crippen LogP contribution in [0.25, 0.3) is 22.6 Å². The molecule has 3 aromatic rings. The number of carbonyl (C=O) groups excluding carboxylic acids is 3. The van der Waals surface area contributed by atoms with Crippen molar-refractivity contribution < 1.29 is 19.1 Å². The monoisotopic (exact) mass is 455 g/mol. The van der Waals surface area contributed by atoms with Crippen molar-refractivity contribution in [2.75, 3.05) is 13.1 Å². The van der Waals surface area contributed by atoms with Crippen molar-refractivity contribution in [1.82, 2.24) is 15.2 Å². The lowest BCUT2D eigenvalue weighted by Gasteiger charge is -2.24. The number of esters is 1. The van der Waals surface area contributed by atoms with Crippen molar-refractivity contribution >= 4 is 40.5 Å². The number of benzene rings is 2. The zero-order valence-corrected chi connectivity index (χ0v) is 18.9. The van der Waals surface area contributed by atoms with E-state index in [4.69, 9.17) is 9.72 Å². The lowest BCUT2D eigenvalue weighted by Crippen LogP contribution is -2.42. The van der Waals surface area contributed by atoms with Crippen LogP contribution in [-0.4, -0.2) is 47.0 Å². The van der Waals surface area contributed by atoms with E-state index in [9.17, 15) is 14.4 Å². The molecule has 1 aliphatic carbocycles. The van der Waals surface area contributed by atoms with Crippen LogP contribution < -0.4 is 5.32 Å². The van der Waals surface area contributed by atoms with Gasteiger partial charge in [-0.05, 0) is 55.0 Å². The second kappa shape index (κ2) is 9.09. The zero-order valence-electron chi connectivity index (χ0n) is 18.9. The minimum atomic E-state index is -1.08. The van der Waals surface area contributed by atoms with E-state index < -0.39 is 24.0 Å². The van der Waals surface area contributed by atoms with Crippen LogP contribution in [0.5, 0.6) is 0 Å². The van der Waals surface area contributed by atoms with Crippen LogP contribution in [0.4, 0.5) is 4.79 Å². The first-order chi connectivity index (χ1) is 16.5. The molecule has 0 saturated carbocycles. The molecule has 0 radical (unpaired) electrons. The van der Waals surface area contributed by atoms with Crippen LogP contribution in [-0.2, 0) is 16.0 Å². The van der Waals surface area contributed by atoms with Crippen molar-refractivity contribution in [2.45, 2.75) is 32.3 Å². The number of urea groups is 1. The maximum atomic E-state index is 13.5. The number of amides is 3.